The first-order valence-electron chi connectivity index (χ1n) is 9.30. The largest absolute Gasteiger partial charge is 0.418 e. The number of hydrogen-bond donors (Lipinski definition) is 2. The molecule has 0 amide bonds. The van der Waals surface area contributed by atoms with Crippen molar-refractivity contribution in [2.24, 2.45) is 10.2 Å². The van der Waals surface area contributed by atoms with E-state index in [4.69, 9.17) is 5.73 Å². The Morgan fingerprint density at radius 3 is 2.32 bits per heavy atom. The van der Waals surface area contributed by atoms with E-state index < -0.39 is 33.6 Å². The average Bonchev–Trinajstić information content (AvgIpc) is 2.78. The summed E-state index contributed by atoms with van der Waals surface area (Å²) >= 11 is 0. The van der Waals surface area contributed by atoms with Gasteiger partial charge in [0.05, 0.1) is 21.6 Å². The highest BCUT2D eigenvalue weighted by molar-refractivity contribution is 5.77. The van der Waals surface area contributed by atoms with Gasteiger partial charge in [0.15, 0.2) is 5.82 Å². The molecule has 3 N–H and O–H groups in total. The summed E-state index contributed by atoms with van der Waals surface area (Å²) in [5.74, 6) is -0.140. The molecule has 34 heavy (non-hydrogen) atoms. The van der Waals surface area contributed by atoms with Gasteiger partial charge in [-0.05, 0) is 19.1 Å². The second kappa shape index (κ2) is 9.22. The second-order valence-corrected chi connectivity index (χ2v) is 6.75. The van der Waals surface area contributed by atoms with E-state index in [2.05, 4.69) is 20.5 Å². The van der Waals surface area contributed by atoms with Crippen LogP contribution in [0.25, 0.3) is 0 Å². The topological polar surface area (TPSA) is 166 Å². The Bertz CT molecular complexity index is 1390. The molecule has 3 aromatic rings. The summed E-state index contributed by atoms with van der Waals surface area (Å²) in [6.07, 6.45) is -5.07. The number of nitrogen functional groups attached to an aromatic ring is 1. The van der Waals surface area contributed by atoms with Gasteiger partial charge in [-0.2, -0.15) is 23.7 Å². The normalized spacial score (nSPS) is 11.1. The lowest BCUT2D eigenvalue weighted by molar-refractivity contribution is -0.385. The molecule has 0 aliphatic rings. The summed E-state index contributed by atoms with van der Waals surface area (Å²) in [5, 5.41) is 40.1. The number of nitriles is 2. The summed E-state index contributed by atoms with van der Waals surface area (Å²) in [5.41, 5.74) is 2.32. The van der Waals surface area contributed by atoms with Crippen molar-refractivity contribution in [1.82, 2.24) is 4.98 Å². The average molecular weight is 466 g/mol. The molecule has 170 valence electrons. The molecule has 0 aliphatic carbocycles. The van der Waals surface area contributed by atoms with Gasteiger partial charge < -0.3 is 11.1 Å². The molecule has 0 bridgehead atoms. The number of halogens is 3. The van der Waals surface area contributed by atoms with Crippen LogP contribution in [0.2, 0.25) is 0 Å². The van der Waals surface area contributed by atoms with Gasteiger partial charge in [-0.15, -0.1) is 10.2 Å². The number of hydrogen-bond acceptors (Lipinski definition) is 9. The van der Waals surface area contributed by atoms with E-state index in [1.807, 2.05) is 6.07 Å². The highest BCUT2D eigenvalue weighted by Crippen LogP contribution is 2.42. The van der Waals surface area contributed by atoms with E-state index >= 15 is 0 Å². The highest BCUT2D eigenvalue weighted by Gasteiger charge is 2.37. The van der Waals surface area contributed by atoms with Crippen LogP contribution in [0.4, 0.5) is 47.6 Å². The molecule has 0 radical (unpaired) electrons. The zero-order chi connectivity index (χ0) is 25.0. The van der Waals surface area contributed by atoms with Gasteiger partial charge in [0.2, 0.25) is 0 Å². The summed E-state index contributed by atoms with van der Waals surface area (Å²) in [6.45, 7) is 1.45. The van der Waals surface area contributed by atoms with Crippen LogP contribution in [0.15, 0.2) is 52.7 Å². The number of nitro groups is 1. The van der Waals surface area contributed by atoms with Crippen LogP contribution in [0.1, 0.15) is 22.3 Å². The maximum absolute atomic E-state index is 13.6. The number of nitro benzene ring substituents is 1. The lowest BCUT2D eigenvalue weighted by atomic mass is 10.1. The maximum atomic E-state index is 13.6. The van der Waals surface area contributed by atoms with Crippen LogP contribution >= 0.6 is 0 Å². The number of non-ortho nitro benzene ring substituents is 1. The molecule has 0 saturated carbocycles. The Labute approximate surface area is 189 Å². The van der Waals surface area contributed by atoms with Crippen LogP contribution in [-0.2, 0) is 6.18 Å². The second-order valence-electron chi connectivity index (χ2n) is 6.75. The zero-order valence-corrected chi connectivity index (χ0v) is 17.3. The van der Waals surface area contributed by atoms with Crippen molar-refractivity contribution in [3.63, 3.8) is 0 Å². The third-order valence-corrected chi connectivity index (χ3v) is 4.57. The third kappa shape index (κ3) is 4.73. The van der Waals surface area contributed by atoms with Crippen LogP contribution < -0.4 is 11.1 Å². The van der Waals surface area contributed by atoms with E-state index in [-0.39, 0.29) is 34.5 Å². The Hall–Kier alpha value is -5.04. The SMILES string of the molecule is Cc1c(C#N)c(N)nc(Nc2ccccc2)c1/N=N/c1c(C#N)cc([N+](=O)[O-])cc1C(F)(F)F. The van der Waals surface area contributed by atoms with Crippen molar-refractivity contribution in [2.75, 3.05) is 11.1 Å². The number of azo groups is 1. The lowest BCUT2D eigenvalue weighted by Gasteiger charge is -2.13. The lowest BCUT2D eigenvalue weighted by Crippen LogP contribution is -2.07. The number of nitrogens with zero attached hydrogens (tertiary/aromatic N) is 6. The molecule has 2 aromatic carbocycles. The molecule has 0 aliphatic heterocycles. The maximum Gasteiger partial charge on any atom is 0.418 e. The standard InChI is InChI=1S/C21H13F3N8O2/c1-11-15(10-26)19(27)29-20(28-13-5-3-2-4-6-13)17(11)30-31-18-12(9-25)7-14(32(33)34)8-16(18)21(22,23)24/h2-8H,1H3,(H3,27,28,29)/b31-30+. The third-order valence-electron chi connectivity index (χ3n) is 4.57. The summed E-state index contributed by atoms with van der Waals surface area (Å²) in [6, 6.07) is 12.8. The predicted molar refractivity (Wildman–Crippen MR) is 115 cm³/mol. The van der Waals surface area contributed by atoms with Crippen LogP contribution in [0.5, 0.6) is 0 Å². The number of rotatable bonds is 5. The fourth-order valence-corrected chi connectivity index (χ4v) is 2.96. The van der Waals surface area contributed by atoms with Gasteiger partial charge in [0.1, 0.15) is 29.3 Å². The van der Waals surface area contributed by atoms with Crippen LogP contribution in [0.3, 0.4) is 0 Å². The van der Waals surface area contributed by atoms with Crippen molar-refractivity contribution < 1.29 is 18.1 Å². The van der Waals surface area contributed by atoms with Gasteiger partial charge in [-0.3, -0.25) is 10.1 Å². The summed E-state index contributed by atoms with van der Waals surface area (Å²) in [4.78, 5) is 14.0. The Morgan fingerprint density at radius 2 is 1.76 bits per heavy atom. The molecular formula is C21H13F3N8O2. The van der Waals surface area contributed by atoms with Crippen molar-refractivity contribution in [3.05, 3.63) is 74.8 Å². The first kappa shape index (κ1) is 23.6. The number of anilines is 3. The van der Waals surface area contributed by atoms with Gasteiger partial charge >= 0.3 is 6.18 Å². The molecule has 0 atom stereocenters. The van der Waals surface area contributed by atoms with E-state index in [1.165, 1.54) is 13.0 Å². The fourth-order valence-electron chi connectivity index (χ4n) is 2.96. The molecule has 3 rings (SSSR count). The molecule has 1 aromatic heterocycles. The van der Waals surface area contributed by atoms with Crippen molar-refractivity contribution in [2.45, 2.75) is 13.1 Å². The number of alkyl halides is 3. The minimum Gasteiger partial charge on any atom is -0.383 e. The molecule has 0 unspecified atom stereocenters. The first-order valence-corrected chi connectivity index (χ1v) is 9.30. The molecule has 0 spiro atoms. The van der Waals surface area contributed by atoms with Crippen molar-refractivity contribution in [3.8, 4) is 12.1 Å². The molecule has 10 nitrogen and oxygen atoms in total. The van der Waals surface area contributed by atoms with E-state index in [0.29, 0.717) is 11.8 Å². The van der Waals surface area contributed by atoms with Crippen molar-refractivity contribution in [1.29, 1.82) is 10.5 Å². The van der Waals surface area contributed by atoms with Crippen LogP contribution in [-0.4, -0.2) is 9.91 Å². The minimum absolute atomic E-state index is 0.00192. The number of nitrogens with two attached hydrogens (primary N) is 1. The number of nitrogens with one attached hydrogen (secondary N) is 1. The zero-order valence-electron chi connectivity index (χ0n) is 17.3. The van der Waals surface area contributed by atoms with E-state index in [9.17, 15) is 33.8 Å². The van der Waals surface area contributed by atoms with Gasteiger partial charge in [0.25, 0.3) is 5.69 Å². The molecule has 0 saturated heterocycles. The first-order chi connectivity index (χ1) is 16.1. The predicted octanol–water partition coefficient (Wildman–Crippen LogP) is 5.80. The minimum atomic E-state index is -5.07. The number of benzene rings is 2. The smallest absolute Gasteiger partial charge is 0.383 e. The summed E-state index contributed by atoms with van der Waals surface area (Å²) in [7, 11) is 0. The van der Waals surface area contributed by atoms with E-state index in [1.54, 1.807) is 30.3 Å². The molecule has 1 heterocycles. The highest BCUT2D eigenvalue weighted by atomic mass is 19.4. The fraction of sp³-hybridized carbons (Fsp3) is 0.0952. The molecular weight excluding hydrogens is 453 g/mol. The molecule has 0 fully saturated rings. The Morgan fingerprint density at radius 1 is 1.12 bits per heavy atom. The monoisotopic (exact) mass is 466 g/mol. The Balaban J connectivity index is 2.24. The summed E-state index contributed by atoms with van der Waals surface area (Å²) < 4.78 is 40.9. The van der Waals surface area contributed by atoms with Crippen LogP contribution in [0, 0.1) is 39.7 Å². The van der Waals surface area contributed by atoms with Gasteiger partial charge in [-0.1, -0.05) is 18.2 Å². The molecule has 13 heteroatoms. The quantitative estimate of drug-likeness (QED) is 0.272. The van der Waals surface area contributed by atoms with E-state index in [0.717, 1.165) is 0 Å². The number of aromatic nitrogens is 1. The number of pyridine rings is 1. The van der Waals surface area contributed by atoms with Gasteiger partial charge in [0, 0.05) is 23.4 Å². The van der Waals surface area contributed by atoms with Gasteiger partial charge in [-0.25, -0.2) is 4.98 Å². The Kier molecular flexibility index (Phi) is 6.40. The number of para-hydroxylation sites is 1. The van der Waals surface area contributed by atoms with Crippen molar-refractivity contribution >= 4 is 34.4 Å².